The van der Waals surface area contributed by atoms with Gasteiger partial charge in [-0.3, -0.25) is 9.80 Å². The Labute approximate surface area is 119 Å². The van der Waals surface area contributed by atoms with Crippen molar-refractivity contribution >= 4 is 0 Å². The van der Waals surface area contributed by atoms with Gasteiger partial charge in [-0.2, -0.15) is 0 Å². The predicted octanol–water partition coefficient (Wildman–Crippen LogP) is 2.31. The number of hydrogen-bond donors (Lipinski definition) is 1. The molecule has 2 atom stereocenters. The van der Waals surface area contributed by atoms with Gasteiger partial charge in [-0.1, -0.05) is 20.3 Å². The molecule has 0 aromatic carbocycles. The quantitative estimate of drug-likeness (QED) is 0.829. The minimum atomic E-state index is 0.207. The maximum absolute atomic E-state index is 6.10. The van der Waals surface area contributed by atoms with E-state index < -0.39 is 0 Å². The van der Waals surface area contributed by atoms with Crippen LogP contribution in [0.25, 0.3) is 0 Å². The van der Waals surface area contributed by atoms with Crippen LogP contribution in [0.15, 0.2) is 0 Å². The largest absolute Gasteiger partial charge is 0.329 e. The van der Waals surface area contributed by atoms with E-state index in [0.717, 1.165) is 18.5 Å². The molecule has 2 saturated heterocycles. The van der Waals surface area contributed by atoms with Gasteiger partial charge in [0.1, 0.15) is 0 Å². The maximum atomic E-state index is 6.10. The SMILES string of the molecule is CC(C)CC(C)(CN)N1CCC(N2CCCCC2)C1. The zero-order valence-corrected chi connectivity index (χ0v) is 13.2. The normalized spacial score (nSPS) is 29.8. The van der Waals surface area contributed by atoms with E-state index in [-0.39, 0.29) is 5.54 Å². The fourth-order valence-corrected chi connectivity index (χ4v) is 4.03. The smallest absolute Gasteiger partial charge is 0.0306 e. The molecule has 3 heteroatoms. The van der Waals surface area contributed by atoms with Crippen LogP contribution < -0.4 is 5.73 Å². The molecule has 0 amide bonds. The molecule has 2 aliphatic rings. The Hall–Kier alpha value is -0.120. The Morgan fingerprint density at radius 2 is 1.84 bits per heavy atom. The van der Waals surface area contributed by atoms with Crippen molar-refractivity contribution in [3.8, 4) is 0 Å². The second kappa shape index (κ2) is 6.55. The number of piperidine rings is 1. The van der Waals surface area contributed by atoms with E-state index in [1.54, 1.807) is 0 Å². The minimum absolute atomic E-state index is 0.207. The Morgan fingerprint density at radius 3 is 2.42 bits per heavy atom. The molecule has 0 bridgehead atoms. The molecule has 2 heterocycles. The number of rotatable bonds is 5. The van der Waals surface area contributed by atoms with Crippen LogP contribution >= 0.6 is 0 Å². The Morgan fingerprint density at radius 1 is 1.16 bits per heavy atom. The number of nitrogens with zero attached hydrogens (tertiary/aromatic N) is 2. The molecule has 0 aromatic heterocycles. The van der Waals surface area contributed by atoms with Crippen LogP contribution in [-0.4, -0.2) is 54.1 Å². The van der Waals surface area contributed by atoms with Gasteiger partial charge in [-0.15, -0.1) is 0 Å². The Balaban J connectivity index is 1.92. The summed E-state index contributed by atoms with van der Waals surface area (Å²) in [5.74, 6) is 0.725. The highest BCUT2D eigenvalue weighted by Gasteiger charge is 2.38. The Kier molecular flexibility index (Phi) is 5.27. The summed E-state index contributed by atoms with van der Waals surface area (Å²) in [6, 6.07) is 0.790. The molecule has 0 aliphatic carbocycles. The first kappa shape index (κ1) is 15.3. The van der Waals surface area contributed by atoms with Crippen molar-refractivity contribution in [3.63, 3.8) is 0 Å². The van der Waals surface area contributed by atoms with Crippen molar-refractivity contribution in [3.05, 3.63) is 0 Å². The first-order valence-corrected chi connectivity index (χ1v) is 8.24. The zero-order valence-electron chi connectivity index (χ0n) is 13.2. The van der Waals surface area contributed by atoms with Crippen LogP contribution in [0.4, 0.5) is 0 Å². The van der Waals surface area contributed by atoms with Gasteiger partial charge in [0.15, 0.2) is 0 Å². The minimum Gasteiger partial charge on any atom is -0.329 e. The molecule has 2 aliphatic heterocycles. The van der Waals surface area contributed by atoms with Crippen LogP contribution in [0.3, 0.4) is 0 Å². The van der Waals surface area contributed by atoms with Crippen molar-refractivity contribution in [1.82, 2.24) is 9.80 Å². The van der Waals surface area contributed by atoms with Crippen LogP contribution in [0.2, 0.25) is 0 Å². The van der Waals surface area contributed by atoms with Gasteiger partial charge in [0, 0.05) is 31.2 Å². The second-order valence-electron chi connectivity index (χ2n) is 7.28. The summed E-state index contributed by atoms with van der Waals surface area (Å²) in [7, 11) is 0. The molecule has 2 fully saturated rings. The van der Waals surface area contributed by atoms with Gasteiger partial charge in [-0.25, -0.2) is 0 Å². The lowest BCUT2D eigenvalue weighted by atomic mass is 9.89. The lowest BCUT2D eigenvalue weighted by molar-refractivity contribution is 0.0966. The van der Waals surface area contributed by atoms with Crippen molar-refractivity contribution in [2.24, 2.45) is 11.7 Å². The van der Waals surface area contributed by atoms with Crippen molar-refractivity contribution < 1.29 is 0 Å². The second-order valence-corrected chi connectivity index (χ2v) is 7.28. The van der Waals surface area contributed by atoms with E-state index in [1.807, 2.05) is 0 Å². The first-order chi connectivity index (χ1) is 9.05. The molecule has 0 aromatic rings. The van der Waals surface area contributed by atoms with Crippen LogP contribution in [0.1, 0.15) is 52.9 Å². The fraction of sp³-hybridized carbons (Fsp3) is 1.00. The van der Waals surface area contributed by atoms with Gasteiger partial charge in [-0.05, 0) is 51.6 Å². The third-order valence-corrected chi connectivity index (χ3v) is 5.12. The average molecular weight is 267 g/mol. The molecule has 0 radical (unpaired) electrons. The van der Waals surface area contributed by atoms with Gasteiger partial charge in [0.2, 0.25) is 0 Å². The molecule has 2 rings (SSSR count). The van der Waals surface area contributed by atoms with Crippen LogP contribution in [0.5, 0.6) is 0 Å². The molecule has 3 nitrogen and oxygen atoms in total. The van der Waals surface area contributed by atoms with E-state index in [2.05, 4.69) is 30.6 Å². The highest BCUT2D eigenvalue weighted by atomic mass is 15.3. The molecular weight excluding hydrogens is 234 g/mol. The van der Waals surface area contributed by atoms with Crippen molar-refractivity contribution in [2.75, 3.05) is 32.7 Å². The first-order valence-electron chi connectivity index (χ1n) is 8.24. The van der Waals surface area contributed by atoms with Crippen molar-refractivity contribution in [1.29, 1.82) is 0 Å². The van der Waals surface area contributed by atoms with Crippen LogP contribution in [-0.2, 0) is 0 Å². The summed E-state index contributed by atoms with van der Waals surface area (Å²) in [6.45, 7) is 12.9. The highest BCUT2D eigenvalue weighted by molar-refractivity contribution is 4.95. The van der Waals surface area contributed by atoms with E-state index in [4.69, 9.17) is 5.73 Å². The van der Waals surface area contributed by atoms with Gasteiger partial charge in [0.25, 0.3) is 0 Å². The molecule has 0 spiro atoms. The predicted molar refractivity (Wildman–Crippen MR) is 82.3 cm³/mol. The lowest BCUT2D eigenvalue weighted by Crippen LogP contribution is -2.52. The molecule has 0 saturated carbocycles. The molecule has 112 valence electrons. The molecule has 2 N–H and O–H groups in total. The van der Waals surface area contributed by atoms with Gasteiger partial charge in [0.05, 0.1) is 0 Å². The van der Waals surface area contributed by atoms with Crippen LogP contribution in [0, 0.1) is 5.92 Å². The number of hydrogen-bond acceptors (Lipinski definition) is 3. The van der Waals surface area contributed by atoms with E-state index >= 15 is 0 Å². The fourth-order valence-electron chi connectivity index (χ4n) is 4.03. The molecular formula is C16H33N3. The van der Waals surface area contributed by atoms with Gasteiger partial charge >= 0.3 is 0 Å². The summed E-state index contributed by atoms with van der Waals surface area (Å²) in [5.41, 5.74) is 6.31. The third kappa shape index (κ3) is 3.71. The third-order valence-electron chi connectivity index (χ3n) is 5.12. The highest BCUT2D eigenvalue weighted by Crippen LogP contribution is 2.29. The summed E-state index contributed by atoms with van der Waals surface area (Å²) >= 11 is 0. The maximum Gasteiger partial charge on any atom is 0.0306 e. The van der Waals surface area contributed by atoms with E-state index in [0.29, 0.717) is 0 Å². The average Bonchev–Trinajstić information content (AvgIpc) is 2.89. The molecule has 2 unspecified atom stereocenters. The Bertz CT molecular complexity index is 273. The monoisotopic (exact) mass is 267 g/mol. The summed E-state index contributed by atoms with van der Waals surface area (Å²) < 4.78 is 0. The van der Waals surface area contributed by atoms with E-state index in [9.17, 15) is 0 Å². The topological polar surface area (TPSA) is 32.5 Å². The van der Waals surface area contributed by atoms with E-state index in [1.165, 1.54) is 58.3 Å². The zero-order chi connectivity index (χ0) is 13.9. The standard InChI is InChI=1S/C16H33N3/c1-14(2)11-16(3,13-17)19-10-7-15(12-19)18-8-5-4-6-9-18/h14-15H,4-13,17H2,1-3H3. The van der Waals surface area contributed by atoms with Gasteiger partial charge < -0.3 is 5.73 Å². The summed E-state index contributed by atoms with van der Waals surface area (Å²) in [5, 5.41) is 0. The number of nitrogens with two attached hydrogens (primary N) is 1. The molecule has 19 heavy (non-hydrogen) atoms. The number of likely N-dealkylation sites (tertiary alicyclic amines) is 2. The van der Waals surface area contributed by atoms with Crippen molar-refractivity contribution in [2.45, 2.75) is 64.5 Å². The summed E-state index contributed by atoms with van der Waals surface area (Å²) in [4.78, 5) is 5.40. The summed E-state index contributed by atoms with van der Waals surface area (Å²) in [6.07, 6.45) is 6.79. The lowest BCUT2D eigenvalue weighted by Gasteiger charge is -2.40.